The lowest BCUT2D eigenvalue weighted by Crippen LogP contribution is -2.45. The zero-order valence-corrected chi connectivity index (χ0v) is 51.5. The highest BCUT2D eigenvalue weighted by Crippen LogP contribution is 2.18. The molecule has 0 aromatic heterocycles. The monoisotopic (exact) mass is 1070 g/mol. The molecular formula is C70H135NO5. The van der Waals surface area contributed by atoms with Crippen LogP contribution in [0.25, 0.3) is 0 Å². The Kier molecular flexibility index (Phi) is 64.4. The second-order valence-electron chi connectivity index (χ2n) is 23.9. The third-order valence-electron chi connectivity index (χ3n) is 16.2. The van der Waals surface area contributed by atoms with Gasteiger partial charge in [0.2, 0.25) is 5.91 Å². The van der Waals surface area contributed by atoms with E-state index in [4.69, 9.17) is 4.74 Å². The van der Waals surface area contributed by atoms with Gasteiger partial charge in [-0.15, -0.1) is 0 Å². The summed E-state index contributed by atoms with van der Waals surface area (Å²) >= 11 is 0. The van der Waals surface area contributed by atoms with E-state index in [0.717, 1.165) is 38.5 Å². The number of esters is 1. The van der Waals surface area contributed by atoms with Crippen LogP contribution in [0.5, 0.6) is 0 Å². The normalized spacial score (nSPS) is 12.6. The van der Waals surface area contributed by atoms with Crippen molar-refractivity contribution in [3.05, 3.63) is 24.3 Å². The minimum Gasteiger partial charge on any atom is -0.466 e. The van der Waals surface area contributed by atoms with E-state index in [0.29, 0.717) is 19.4 Å². The van der Waals surface area contributed by atoms with E-state index in [1.165, 1.54) is 321 Å². The minimum atomic E-state index is -0.842. The van der Waals surface area contributed by atoms with Crippen molar-refractivity contribution in [2.24, 2.45) is 0 Å². The molecule has 0 aliphatic carbocycles. The molecule has 0 heterocycles. The second kappa shape index (κ2) is 65.9. The van der Waals surface area contributed by atoms with E-state index in [1.54, 1.807) is 6.08 Å². The van der Waals surface area contributed by atoms with E-state index >= 15 is 0 Å². The van der Waals surface area contributed by atoms with Gasteiger partial charge in [0.25, 0.3) is 0 Å². The summed E-state index contributed by atoms with van der Waals surface area (Å²) < 4.78 is 5.48. The highest BCUT2D eigenvalue weighted by Gasteiger charge is 2.18. The Morgan fingerprint density at radius 1 is 0.355 bits per heavy atom. The molecule has 0 aromatic rings. The number of amides is 1. The molecule has 0 aliphatic heterocycles. The van der Waals surface area contributed by atoms with Crippen LogP contribution >= 0.6 is 0 Å². The fourth-order valence-corrected chi connectivity index (χ4v) is 10.9. The van der Waals surface area contributed by atoms with Gasteiger partial charge in [-0.05, 0) is 57.8 Å². The largest absolute Gasteiger partial charge is 0.466 e. The highest BCUT2D eigenvalue weighted by atomic mass is 16.5. The van der Waals surface area contributed by atoms with Crippen LogP contribution in [-0.2, 0) is 14.3 Å². The summed E-state index contributed by atoms with van der Waals surface area (Å²) in [6.07, 6.45) is 82.6. The van der Waals surface area contributed by atoms with E-state index in [9.17, 15) is 19.8 Å². The quantitative estimate of drug-likeness (QED) is 0.0320. The third-order valence-corrected chi connectivity index (χ3v) is 16.2. The summed E-state index contributed by atoms with van der Waals surface area (Å²) in [5.74, 6) is -0.0446. The Morgan fingerprint density at radius 2 is 0.618 bits per heavy atom. The van der Waals surface area contributed by atoms with Gasteiger partial charge in [0.1, 0.15) is 0 Å². The maximum Gasteiger partial charge on any atom is 0.305 e. The number of rotatable bonds is 65. The Morgan fingerprint density at radius 3 is 0.934 bits per heavy atom. The molecule has 450 valence electrons. The predicted molar refractivity (Wildman–Crippen MR) is 333 cm³/mol. The molecule has 6 nitrogen and oxygen atoms in total. The number of aliphatic hydroxyl groups excluding tert-OH is 2. The Hall–Kier alpha value is -1.66. The van der Waals surface area contributed by atoms with Gasteiger partial charge >= 0.3 is 5.97 Å². The van der Waals surface area contributed by atoms with Gasteiger partial charge < -0.3 is 20.3 Å². The zero-order valence-electron chi connectivity index (χ0n) is 51.5. The number of nitrogens with one attached hydrogen (secondary N) is 1. The summed E-state index contributed by atoms with van der Waals surface area (Å²) in [6, 6.07) is -0.626. The van der Waals surface area contributed by atoms with Crippen molar-refractivity contribution in [1.82, 2.24) is 5.32 Å². The van der Waals surface area contributed by atoms with Crippen LogP contribution < -0.4 is 5.32 Å². The van der Waals surface area contributed by atoms with E-state index < -0.39 is 12.1 Å². The number of hydrogen-bond acceptors (Lipinski definition) is 5. The van der Waals surface area contributed by atoms with Crippen LogP contribution in [0.1, 0.15) is 386 Å². The van der Waals surface area contributed by atoms with Crippen molar-refractivity contribution >= 4 is 11.9 Å². The molecule has 2 atom stereocenters. The van der Waals surface area contributed by atoms with Crippen LogP contribution in [0.15, 0.2) is 24.3 Å². The summed E-state index contributed by atoms with van der Waals surface area (Å²) in [4.78, 5) is 24.5. The first kappa shape index (κ1) is 74.3. The van der Waals surface area contributed by atoms with Crippen molar-refractivity contribution in [2.45, 2.75) is 398 Å². The number of carbonyl (C=O) groups excluding carboxylic acids is 2. The lowest BCUT2D eigenvalue weighted by atomic mass is 10.0. The van der Waals surface area contributed by atoms with Crippen LogP contribution in [0.3, 0.4) is 0 Å². The fraction of sp³-hybridized carbons (Fsp3) is 0.914. The summed E-state index contributed by atoms with van der Waals surface area (Å²) in [6.45, 7) is 4.93. The third kappa shape index (κ3) is 61.6. The predicted octanol–water partition coefficient (Wildman–Crippen LogP) is 22.1. The van der Waals surface area contributed by atoms with Gasteiger partial charge in [0.15, 0.2) is 0 Å². The van der Waals surface area contributed by atoms with Crippen molar-refractivity contribution < 1.29 is 24.5 Å². The van der Waals surface area contributed by atoms with E-state index in [2.05, 4.69) is 31.3 Å². The van der Waals surface area contributed by atoms with Crippen molar-refractivity contribution in [1.29, 1.82) is 0 Å². The molecule has 1 amide bonds. The molecule has 0 saturated heterocycles. The second-order valence-corrected chi connectivity index (χ2v) is 23.9. The molecule has 6 heteroatoms. The van der Waals surface area contributed by atoms with Crippen molar-refractivity contribution in [2.75, 3.05) is 13.2 Å². The maximum atomic E-state index is 12.5. The topological polar surface area (TPSA) is 95.9 Å². The van der Waals surface area contributed by atoms with Crippen LogP contribution in [0.4, 0.5) is 0 Å². The van der Waals surface area contributed by atoms with Gasteiger partial charge in [0, 0.05) is 12.8 Å². The number of unbranched alkanes of at least 4 members (excludes halogenated alkanes) is 52. The molecule has 0 radical (unpaired) electrons. The average molecular weight is 1070 g/mol. The molecule has 0 rings (SSSR count). The Labute approximate surface area is 475 Å². The standard InChI is InChI=1S/C70H135NO5/c1-3-5-7-9-11-13-15-17-18-36-39-42-46-50-54-58-62-68(73)67(66-72)71-69(74)63-59-55-51-47-43-40-37-34-32-30-28-26-24-22-20-19-21-23-25-27-29-31-33-35-38-41-45-49-53-57-61-65-76-70(75)64-60-56-52-48-44-16-14-12-10-8-6-4-2/h21,23,58,62,67-68,72-73H,3-20,22,24-57,59-61,63-66H2,1-2H3,(H,71,74)/b23-21-,62-58+. The maximum absolute atomic E-state index is 12.5. The minimum absolute atomic E-state index is 0.0186. The Bertz CT molecular complexity index is 1190. The first-order chi connectivity index (χ1) is 37.5. The number of allylic oxidation sites excluding steroid dienone is 3. The molecule has 3 N–H and O–H groups in total. The summed E-state index contributed by atoms with van der Waals surface area (Å²) in [5, 5.41) is 23.2. The SMILES string of the molecule is CCCCCCCCCCCCCCCC/C=C/C(O)C(CO)NC(=O)CCCCCCCCCCCCCCCCC/C=C\CCCCCCCCCCCCCCOC(=O)CCCCCCCCCCCCCC. The molecule has 0 aromatic carbocycles. The first-order valence-electron chi connectivity index (χ1n) is 34.6. The number of aliphatic hydroxyl groups is 2. The average Bonchev–Trinajstić information content (AvgIpc) is 3.42. The number of hydrogen-bond donors (Lipinski definition) is 3. The lowest BCUT2D eigenvalue weighted by Gasteiger charge is -2.20. The van der Waals surface area contributed by atoms with Gasteiger partial charge in [-0.1, -0.05) is 340 Å². The first-order valence-corrected chi connectivity index (χ1v) is 34.6. The van der Waals surface area contributed by atoms with Crippen LogP contribution in [0.2, 0.25) is 0 Å². The number of carbonyl (C=O) groups is 2. The van der Waals surface area contributed by atoms with Gasteiger partial charge in [-0.25, -0.2) is 0 Å². The molecule has 0 aliphatic rings. The highest BCUT2D eigenvalue weighted by molar-refractivity contribution is 5.76. The molecule has 2 unspecified atom stereocenters. The van der Waals surface area contributed by atoms with Crippen LogP contribution in [-0.4, -0.2) is 47.4 Å². The van der Waals surface area contributed by atoms with Gasteiger partial charge in [-0.2, -0.15) is 0 Å². The smallest absolute Gasteiger partial charge is 0.305 e. The van der Waals surface area contributed by atoms with Gasteiger partial charge in [-0.3, -0.25) is 9.59 Å². The molecule has 0 spiro atoms. The van der Waals surface area contributed by atoms with Crippen LogP contribution in [0, 0.1) is 0 Å². The van der Waals surface area contributed by atoms with E-state index in [1.807, 2.05) is 6.08 Å². The molecule has 0 fully saturated rings. The van der Waals surface area contributed by atoms with Crippen molar-refractivity contribution in [3.63, 3.8) is 0 Å². The molecule has 0 saturated carbocycles. The molecule has 76 heavy (non-hydrogen) atoms. The molecule has 0 bridgehead atoms. The summed E-state index contributed by atoms with van der Waals surface area (Å²) in [7, 11) is 0. The Balaban J connectivity index is 3.37. The lowest BCUT2D eigenvalue weighted by molar-refractivity contribution is -0.143. The molecular weight excluding hydrogens is 935 g/mol. The number of ether oxygens (including phenoxy) is 1. The van der Waals surface area contributed by atoms with Crippen molar-refractivity contribution in [3.8, 4) is 0 Å². The van der Waals surface area contributed by atoms with Gasteiger partial charge in [0.05, 0.1) is 25.4 Å². The fourth-order valence-electron chi connectivity index (χ4n) is 10.9. The van der Waals surface area contributed by atoms with E-state index in [-0.39, 0.29) is 18.5 Å². The zero-order chi connectivity index (χ0) is 55.0. The summed E-state index contributed by atoms with van der Waals surface area (Å²) in [5.41, 5.74) is 0.